The number of amides is 2. The predicted molar refractivity (Wildman–Crippen MR) is 220 cm³/mol. The lowest BCUT2D eigenvalue weighted by Gasteiger charge is -2.40. The molecule has 0 unspecified atom stereocenters. The van der Waals surface area contributed by atoms with E-state index in [1.54, 1.807) is 12.1 Å². The summed E-state index contributed by atoms with van der Waals surface area (Å²) in [6, 6.07) is 21.8. The maximum atomic E-state index is 14.6. The highest BCUT2D eigenvalue weighted by Gasteiger charge is 2.32. The highest BCUT2D eigenvalue weighted by Crippen LogP contribution is 2.40. The van der Waals surface area contributed by atoms with Crippen molar-refractivity contribution in [3.05, 3.63) is 107 Å². The third-order valence-electron chi connectivity index (χ3n) is 11.8. The van der Waals surface area contributed by atoms with E-state index in [0.717, 1.165) is 103 Å². The number of fused-ring (bicyclic) bond motifs is 1. The Hall–Kier alpha value is -4.49. The third kappa shape index (κ3) is 9.37. The highest BCUT2D eigenvalue weighted by molar-refractivity contribution is 7.87. The van der Waals surface area contributed by atoms with E-state index in [1.165, 1.54) is 20.5 Å². The van der Waals surface area contributed by atoms with Gasteiger partial charge in [-0.1, -0.05) is 68.3 Å². The maximum Gasteiger partial charge on any atom is 0.303 e. The summed E-state index contributed by atoms with van der Waals surface area (Å²) in [6.07, 6.45) is 9.40. The molecule has 298 valence electrons. The molecule has 7 rings (SSSR count). The number of morpholine rings is 1. The number of anilines is 1. The first kappa shape index (κ1) is 39.7. The number of hydrogen-bond acceptors (Lipinski definition) is 8. The Balaban J connectivity index is 1.23. The summed E-state index contributed by atoms with van der Waals surface area (Å²) >= 11 is 0. The van der Waals surface area contributed by atoms with Gasteiger partial charge >= 0.3 is 10.2 Å². The van der Waals surface area contributed by atoms with Crippen LogP contribution in [0, 0.1) is 5.92 Å². The lowest BCUT2D eigenvalue weighted by molar-refractivity contribution is -0.128. The molecule has 0 atom stereocenters. The molecule has 0 bridgehead atoms. The first-order valence-electron chi connectivity index (χ1n) is 20.0. The molecule has 0 spiro atoms. The Bertz CT molecular complexity index is 2030. The summed E-state index contributed by atoms with van der Waals surface area (Å²) in [5.41, 5.74) is 6.49. The first-order valence-corrected chi connectivity index (χ1v) is 21.4. The molecule has 11 nitrogen and oxygen atoms in total. The van der Waals surface area contributed by atoms with Crippen molar-refractivity contribution in [2.45, 2.75) is 64.1 Å². The molecule has 3 aliphatic heterocycles. The van der Waals surface area contributed by atoms with Crippen LogP contribution in [0.2, 0.25) is 0 Å². The van der Waals surface area contributed by atoms with Gasteiger partial charge in [-0.25, -0.2) is 4.72 Å². The number of nitrogens with zero attached hydrogens (tertiary/aromatic N) is 4. The Morgan fingerprint density at radius 3 is 2.34 bits per heavy atom. The average Bonchev–Trinajstić information content (AvgIpc) is 3.42. The van der Waals surface area contributed by atoms with Gasteiger partial charge in [0.25, 0.3) is 11.8 Å². The number of carbonyl (C=O) groups is 2. The minimum Gasteiger partial charge on any atom is -0.489 e. The smallest absolute Gasteiger partial charge is 0.303 e. The number of rotatable bonds is 11. The summed E-state index contributed by atoms with van der Waals surface area (Å²) in [5.74, 6) is 0.282. The van der Waals surface area contributed by atoms with E-state index in [-0.39, 0.29) is 11.5 Å². The fourth-order valence-corrected chi connectivity index (χ4v) is 8.94. The van der Waals surface area contributed by atoms with Gasteiger partial charge in [0.1, 0.15) is 12.4 Å². The van der Waals surface area contributed by atoms with Gasteiger partial charge in [-0.2, -0.15) is 12.7 Å². The predicted octanol–water partition coefficient (Wildman–Crippen LogP) is 6.12. The van der Waals surface area contributed by atoms with E-state index >= 15 is 0 Å². The van der Waals surface area contributed by atoms with Crippen molar-refractivity contribution >= 4 is 39.4 Å². The second-order valence-electron chi connectivity index (χ2n) is 15.6. The van der Waals surface area contributed by atoms with E-state index < -0.39 is 16.1 Å². The van der Waals surface area contributed by atoms with Crippen LogP contribution in [-0.4, -0.2) is 100 Å². The van der Waals surface area contributed by atoms with Crippen LogP contribution in [0.25, 0.3) is 11.6 Å². The topological polar surface area (TPSA) is 112 Å². The first-order chi connectivity index (χ1) is 27.1. The van der Waals surface area contributed by atoms with Gasteiger partial charge in [0.05, 0.1) is 13.2 Å². The third-order valence-corrected chi connectivity index (χ3v) is 13.2. The van der Waals surface area contributed by atoms with Crippen molar-refractivity contribution in [1.82, 2.24) is 18.8 Å². The van der Waals surface area contributed by atoms with Crippen LogP contribution in [0.5, 0.6) is 5.75 Å². The number of benzene rings is 3. The number of allylic oxidation sites excluding steroid dienone is 1. The molecule has 3 aromatic carbocycles. The summed E-state index contributed by atoms with van der Waals surface area (Å²) < 4.78 is 40.4. The van der Waals surface area contributed by atoms with Crippen molar-refractivity contribution < 1.29 is 27.5 Å². The molecule has 2 amide bonds. The average molecular weight is 782 g/mol. The van der Waals surface area contributed by atoms with E-state index in [1.807, 2.05) is 59.5 Å². The van der Waals surface area contributed by atoms with Crippen molar-refractivity contribution in [3.63, 3.8) is 0 Å². The Morgan fingerprint density at radius 2 is 1.62 bits per heavy atom. The van der Waals surface area contributed by atoms with Crippen molar-refractivity contribution in [1.29, 1.82) is 0 Å². The standard InChI is InChI=1S/C44H55N5O6S/c1-32(34-12-8-5-9-13-34)41-17-15-35(43(50)45-56(52,53)46(2)3)28-42(41)49-29-36-14-16-40(55-31-33-10-6-4-7-11-33)27-37(36)26-38(30-49)44(51)48-20-18-39(19-21-48)47-22-24-54-25-23-47/h4,6-7,10-11,14-17,26-28,34,39H,1,5,8-9,12-13,18-25,29-31H2,2-3H3,(H,45,50). The van der Waals surface area contributed by atoms with Crippen molar-refractivity contribution in [2.75, 3.05) is 64.9 Å². The van der Waals surface area contributed by atoms with E-state index in [2.05, 4.69) is 27.2 Å². The van der Waals surface area contributed by atoms with E-state index in [4.69, 9.17) is 9.47 Å². The van der Waals surface area contributed by atoms with Crippen molar-refractivity contribution in [3.8, 4) is 5.75 Å². The second kappa shape index (κ2) is 17.8. The number of ether oxygens (including phenoxy) is 2. The van der Waals surface area contributed by atoms with Gasteiger partial charge in [-0.3, -0.25) is 14.5 Å². The monoisotopic (exact) mass is 781 g/mol. The normalized spacial score (nSPS) is 18.9. The quantitative estimate of drug-likeness (QED) is 0.248. The Kier molecular flexibility index (Phi) is 12.6. The van der Waals surface area contributed by atoms with Gasteiger partial charge in [0, 0.05) is 81.8 Å². The van der Waals surface area contributed by atoms with Crippen LogP contribution in [0.1, 0.15) is 77.6 Å². The largest absolute Gasteiger partial charge is 0.489 e. The fourth-order valence-electron chi connectivity index (χ4n) is 8.41. The molecular weight excluding hydrogens is 727 g/mol. The molecule has 4 aliphatic rings. The zero-order chi connectivity index (χ0) is 39.2. The van der Waals surface area contributed by atoms with Gasteiger partial charge in [-0.05, 0) is 84.2 Å². The maximum absolute atomic E-state index is 14.6. The number of carbonyl (C=O) groups excluding carboxylic acids is 2. The SMILES string of the molecule is C=C(c1ccc(C(=O)NS(=O)(=O)N(C)C)cc1N1CC(C(=O)N2CCC(N3CCOCC3)CC2)=Cc2cc(OCc3ccccc3)ccc2C1)C1CCCCC1. The van der Waals surface area contributed by atoms with Gasteiger partial charge in [-0.15, -0.1) is 0 Å². The molecule has 0 radical (unpaired) electrons. The lowest BCUT2D eigenvalue weighted by atomic mass is 9.81. The van der Waals surface area contributed by atoms with Crippen LogP contribution in [-0.2, 0) is 32.9 Å². The molecule has 1 saturated carbocycles. The summed E-state index contributed by atoms with van der Waals surface area (Å²) in [6.45, 7) is 10.5. The van der Waals surface area contributed by atoms with E-state index in [0.29, 0.717) is 56.1 Å². The lowest BCUT2D eigenvalue weighted by Crippen LogP contribution is -2.50. The molecule has 3 heterocycles. The number of piperidine rings is 1. The van der Waals surface area contributed by atoms with E-state index in [9.17, 15) is 18.0 Å². The molecule has 56 heavy (non-hydrogen) atoms. The van der Waals surface area contributed by atoms with Crippen LogP contribution in [0.3, 0.4) is 0 Å². The minimum absolute atomic E-state index is 0.00230. The molecule has 1 N–H and O–H groups in total. The molecule has 2 saturated heterocycles. The van der Waals surface area contributed by atoms with Crippen molar-refractivity contribution in [2.24, 2.45) is 5.92 Å². The molecule has 12 heteroatoms. The van der Waals surface area contributed by atoms with Crippen LogP contribution in [0.4, 0.5) is 5.69 Å². The zero-order valence-electron chi connectivity index (χ0n) is 32.8. The number of hydrogen-bond donors (Lipinski definition) is 1. The molecule has 1 aliphatic carbocycles. The zero-order valence-corrected chi connectivity index (χ0v) is 33.6. The van der Waals surface area contributed by atoms with Gasteiger partial charge in [0.15, 0.2) is 0 Å². The number of likely N-dealkylation sites (tertiary alicyclic amines) is 1. The summed E-state index contributed by atoms with van der Waals surface area (Å²) in [7, 11) is -1.27. The fraction of sp³-hybridized carbons (Fsp3) is 0.455. The van der Waals surface area contributed by atoms with Crippen LogP contribution >= 0.6 is 0 Å². The Labute approximate surface area is 332 Å². The van der Waals surface area contributed by atoms with Crippen LogP contribution in [0.15, 0.2) is 78.9 Å². The summed E-state index contributed by atoms with van der Waals surface area (Å²) in [5, 5.41) is 0. The van der Waals surface area contributed by atoms with Crippen LogP contribution < -0.4 is 14.4 Å². The Morgan fingerprint density at radius 1 is 0.893 bits per heavy atom. The summed E-state index contributed by atoms with van der Waals surface area (Å²) in [4.78, 5) is 34.8. The van der Waals surface area contributed by atoms with Gasteiger partial charge in [0.2, 0.25) is 0 Å². The molecular formula is C44H55N5O6S. The second-order valence-corrected chi connectivity index (χ2v) is 17.5. The minimum atomic E-state index is -4.02. The number of nitrogens with one attached hydrogen (secondary N) is 1. The van der Waals surface area contributed by atoms with Gasteiger partial charge < -0.3 is 19.3 Å². The molecule has 3 fully saturated rings. The molecule has 0 aromatic heterocycles. The highest BCUT2D eigenvalue weighted by atomic mass is 32.2. The molecule has 3 aromatic rings.